The van der Waals surface area contributed by atoms with Crippen molar-refractivity contribution < 1.29 is 53.8 Å². The van der Waals surface area contributed by atoms with Gasteiger partial charge in [0.15, 0.2) is 0 Å². The lowest BCUT2D eigenvalue weighted by atomic mass is 9.86. The summed E-state index contributed by atoms with van der Waals surface area (Å²) in [6.45, 7) is 2.76. The summed E-state index contributed by atoms with van der Waals surface area (Å²) in [4.78, 5) is 14.7. The predicted octanol–water partition coefficient (Wildman–Crippen LogP) is 3.65. The van der Waals surface area contributed by atoms with E-state index in [4.69, 9.17) is 4.74 Å². The predicted molar refractivity (Wildman–Crippen MR) is 105 cm³/mol. The molecule has 1 aliphatic rings. The molecule has 2 N–H and O–H groups in total. The lowest BCUT2D eigenvalue weighted by Crippen LogP contribution is -2.56. The first kappa shape index (κ1) is 26.7. The van der Waals surface area contributed by atoms with Gasteiger partial charge in [0.2, 0.25) is 9.84 Å². The lowest BCUT2D eigenvalue weighted by Gasteiger charge is -2.42. The number of ether oxygens (including phenoxy) is 1. The summed E-state index contributed by atoms with van der Waals surface area (Å²) in [5.74, 6) is -7.99. The number of sulfone groups is 1. The molecule has 0 saturated carbocycles. The van der Waals surface area contributed by atoms with Crippen molar-refractivity contribution in [3.8, 4) is 5.75 Å². The van der Waals surface area contributed by atoms with Gasteiger partial charge < -0.3 is 15.2 Å². The Morgan fingerprint density at radius 1 is 1.11 bits per heavy atom. The minimum Gasteiger partial charge on any atom is -0.485 e. The van der Waals surface area contributed by atoms with Crippen LogP contribution in [0.2, 0.25) is 0 Å². The van der Waals surface area contributed by atoms with Crippen molar-refractivity contribution >= 4 is 15.7 Å². The Labute approximate surface area is 193 Å². The Kier molecular flexibility index (Phi) is 6.34. The summed E-state index contributed by atoms with van der Waals surface area (Å²) in [5, 5.41) is 6.48. The summed E-state index contributed by atoms with van der Waals surface area (Å²) in [5.41, 5.74) is -1.87. The highest BCUT2D eigenvalue weighted by molar-refractivity contribution is 7.92. The van der Waals surface area contributed by atoms with Gasteiger partial charge in [0.1, 0.15) is 17.5 Å². The van der Waals surface area contributed by atoms with Crippen LogP contribution in [0, 0.1) is 0 Å². The highest BCUT2D eigenvalue weighted by atomic mass is 32.2. The van der Waals surface area contributed by atoms with E-state index in [0.717, 1.165) is 12.3 Å². The van der Waals surface area contributed by atoms with Crippen molar-refractivity contribution in [1.29, 1.82) is 0 Å². The zero-order chi connectivity index (χ0) is 26.6. The van der Waals surface area contributed by atoms with E-state index < -0.39 is 61.3 Å². The van der Waals surface area contributed by atoms with Crippen molar-refractivity contribution in [2.45, 2.75) is 53.8 Å². The number of carbonyl (C=O) groups is 1. The van der Waals surface area contributed by atoms with Crippen LogP contribution >= 0.6 is 0 Å². The second-order valence-corrected chi connectivity index (χ2v) is 10.1. The first-order valence-corrected chi connectivity index (χ1v) is 11.1. The molecule has 0 radical (unpaired) electrons. The molecule has 15 heteroatoms. The van der Waals surface area contributed by atoms with Gasteiger partial charge in [-0.3, -0.25) is 9.78 Å². The van der Waals surface area contributed by atoms with E-state index in [1.807, 2.05) is 0 Å². The van der Waals surface area contributed by atoms with Crippen LogP contribution in [-0.2, 0) is 9.84 Å². The van der Waals surface area contributed by atoms with E-state index in [0.29, 0.717) is 12.1 Å². The van der Waals surface area contributed by atoms with Crippen LogP contribution in [0.1, 0.15) is 35.8 Å². The maximum Gasteiger partial charge on any atom is 0.461 e. The Morgan fingerprint density at radius 3 is 2.29 bits per heavy atom. The van der Waals surface area contributed by atoms with Gasteiger partial charge in [-0.25, -0.2) is 8.42 Å². The molecule has 0 unspecified atom stereocenters. The first-order chi connectivity index (χ1) is 15.8. The van der Waals surface area contributed by atoms with Crippen LogP contribution < -0.4 is 10.1 Å². The van der Waals surface area contributed by atoms with Gasteiger partial charge in [0.25, 0.3) is 5.91 Å². The number of benzene rings is 1. The average Bonchev–Trinajstić information content (AvgIpc) is 2.75. The number of nitrogens with one attached hydrogen (secondary N) is 1. The van der Waals surface area contributed by atoms with Crippen LogP contribution in [0.4, 0.5) is 30.7 Å². The van der Waals surface area contributed by atoms with Crippen LogP contribution in [0.3, 0.4) is 0 Å². The number of aliphatic hydroxyl groups is 1. The number of hydrogen-bond donors (Lipinski definition) is 2. The van der Waals surface area contributed by atoms with Gasteiger partial charge in [-0.15, -0.1) is 0 Å². The second kappa shape index (κ2) is 8.33. The third-order valence-corrected chi connectivity index (χ3v) is 7.10. The number of fused-ring (bicyclic) bond motifs is 1. The number of alkyl halides is 7. The smallest absolute Gasteiger partial charge is 0.461 e. The Hall–Kier alpha value is -2.94. The minimum atomic E-state index is -6.92. The number of amides is 1. The number of rotatable bonds is 5. The van der Waals surface area contributed by atoms with Gasteiger partial charge in [0, 0.05) is 18.0 Å². The molecule has 0 saturated heterocycles. The Balaban J connectivity index is 2.11. The normalized spacial score (nSPS) is 20.5. The molecule has 3 rings (SSSR count). The molecule has 192 valence electrons. The standard InChI is InChI=1S/C20H17F7N2O5S/c1-17(2)15(30)14(29-16(31)10-4-3-7-28-9-10)12-8-11(5-6-13(12)34-17)35(32,33)20(26,27)18(21,22)19(23,24)25/h3-9,14-15,30H,1-2H3,(H,29,31)/t14-,15+/m0/s1. The summed E-state index contributed by atoms with van der Waals surface area (Å²) < 4.78 is 123. The molecule has 2 aromatic rings. The maximum absolute atomic E-state index is 14.1. The molecular weight excluding hydrogens is 513 g/mol. The van der Waals surface area contributed by atoms with Crippen molar-refractivity contribution in [3.05, 3.63) is 53.9 Å². The molecule has 0 spiro atoms. The molecule has 1 aromatic heterocycles. The van der Waals surface area contributed by atoms with Crippen molar-refractivity contribution in [2.75, 3.05) is 0 Å². The molecule has 1 aromatic carbocycles. The molecule has 1 amide bonds. The van der Waals surface area contributed by atoms with Gasteiger partial charge in [-0.1, -0.05) is 0 Å². The molecule has 2 atom stereocenters. The fourth-order valence-corrected chi connectivity index (χ4v) is 4.58. The van der Waals surface area contributed by atoms with Gasteiger partial charge in [-0.05, 0) is 44.2 Å². The quantitative estimate of drug-likeness (QED) is 0.572. The molecule has 0 fully saturated rings. The third kappa shape index (κ3) is 4.30. The summed E-state index contributed by atoms with van der Waals surface area (Å²) in [6, 6.07) is 2.66. The fourth-order valence-electron chi connectivity index (χ4n) is 3.31. The van der Waals surface area contributed by atoms with Gasteiger partial charge in [0.05, 0.1) is 16.5 Å². The first-order valence-electron chi connectivity index (χ1n) is 9.63. The van der Waals surface area contributed by atoms with E-state index in [2.05, 4.69) is 10.3 Å². The van der Waals surface area contributed by atoms with E-state index in [1.165, 1.54) is 32.2 Å². The highest BCUT2D eigenvalue weighted by Crippen LogP contribution is 2.51. The summed E-state index contributed by atoms with van der Waals surface area (Å²) >= 11 is 0. The molecule has 2 heterocycles. The Morgan fingerprint density at radius 2 is 1.74 bits per heavy atom. The number of aliphatic hydroxyl groups excluding tert-OH is 1. The number of pyridine rings is 1. The lowest BCUT2D eigenvalue weighted by molar-refractivity contribution is -0.332. The summed E-state index contributed by atoms with van der Waals surface area (Å²) in [7, 11) is -6.63. The van der Waals surface area contributed by atoms with Crippen molar-refractivity contribution in [3.63, 3.8) is 0 Å². The zero-order valence-corrected chi connectivity index (χ0v) is 18.6. The van der Waals surface area contributed by atoms with Crippen molar-refractivity contribution in [2.24, 2.45) is 0 Å². The van der Waals surface area contributed by atoms with Gasteiger partial charge in [-0.2, -0.15) is 30.7 Å². The van der Waals surface area contributed by atoms with Crippen molar-refractivity contribution in [1.82, 2.24) is 10.3 Å². The third-order valence-electron chi connectivity index (χ3n) is 5.30. The second-order valence-electron chi connectivity index (χ2n) is 8.14. The number of aromatic nitrogens is 1. The molecule has 7 nitrogen and oxygen atoms in total. The SMILES string of the molecule is CC1(C)Oc2ccc(S(=O)(=O)C(F)(F)C(F)(F)C(F)(F)F)cc2[C@H](NC(=O)c2cccnc2)[C@H]1O. The van der Waals surface area contributed by atoms with Crippen LogP contribution in [0.15, 0.2) is 47.6 Å². The topological polar surface area (TPSA) is 106 Å². The molecule has 1 aliphatic heterocycles. The Bertz CT molecular complexity index is 1230. The minimum absolute atomic E-state index is 0.00863. The number of carbonyl (C=O) groups excluding carboxylic acids is 1. The van der Waals surface area contributed by atoms with E-state index in [1.54, 1.807) is 0 Å². The maximum atomic E-state index is 14.1. The molecule has 35 heavy (non-hydrogen) atoms. The summed E-state index contributed by atoms with van der Waals surface area (Å²) in [6.07, 6.45) is -6.01. The van der Waals surface area contributed by atoms with Crippen LogP contribution in [0.25, 0.3) is 0 Å². The zero-order valence-electron chi connectivity index (χ0n) is 17.8. The monoisotopic (exact) mass is 530 g/mol. The molecular formula is C20H17F7N2O5S. The molecule has 0 aliphatic carbocycles. The largest absolute Gasteiger partial charge is 0.485 e. The average molecular weight is 530 g/mol. The number of nitrogens with zero attached hydrogens (tertiary/aromatic N) is 1. The van der Waals surface area contributed by atoms with E-state index >= 15 is 0 Å². The highest BCUT2D eigenvalue weighted by Gasteiger charge is 2.78. The van der Waals surface area contributed by atoms with E-state index in [9.17, 15) is 49.1 Å². The van der Waals surface area contributed by atoms with Gasteiger partial charge >= 0.3 is 17.4 Å². The fraction of sp³-hybridized carbons (Fsp3) is 0.400. The van der Waals surface area contributed by atoms with Crippen LogP contribution in [0.5, 0.6) is 5.75 Å². The molecule has 0 bridgehead atoms. The number of hydrogen-bond acceptors (Lipinski definition) is 6. The number of halogens is 7. The van der Waals surface area contributed by atoms with E-state index in [-0.39, 0.29) is 11.3 Å². The van der Waals surface area contributed by atoms with Crippen LogP contribution in [-0.4, -0.2) is 53.5 Å².